The van der Waals surface area contributed by atoms with Crippen LogP contribution in [0, 0.1) is 6.92 Å². The van der Waals surface area contributed by atoms with Crippen molar-refractivity contribution in [3.05, 3.63) is 52.1 Å². The highest BCUT2D eigenvalue weighted by Crippen LogP contribution is 2.27. The Morgan fingerprint density at radius 2 is 2.08 bits per heavy atom. The minimum Gasteiger partial charge on any atom is -0.484 e. The van der Waals surface area contributed by atoms with Gasteiger partial charge in [-0.1, -0.05) is 19.0 Å². The Bertz CT molecular complexity index is 971. The standard InChI is InChI=1S/C18H18N2O5/c1-10(2)14-8-18(22)24-15-7-12(4-5-13(14)15)23-9-17(21)19-16-6-11(3)25-20-16/h4-8,10H,9H2,1-3H3,(H,19,20,21). The van der Waals surface area contributed by atoms with E-state index in [1.165, 1.54) is 6.07 Å². The maximum atomic E-state index is 11.9. The van der Waals surface area contributed by atoms with Crippen molar-refractivity contribution in [3.63, 3.8) is 0 Å². The first-order chi connectivity index (χ1) is 11.9. The number of ether oxygens (including phenoxy) is 1. The molecule has 7 heteroatoms. The van der Waals surface area contributed by atoms with Crippen LogP contribution in [0.2, 0.25) is 0 Å². The van der Waals surface area contributed by atoms with Crippen LogP contribution in [0.15, 0.2) is 44.1 Å². The molecule has 1 aromatic carbocycles. The number of hydrogen-bond donors (Lipinski definition) is 1. The summed E-state index contributed by atoms with van der Waals surface area (Å²) in [6, 6.07) is 8.27. The van der Waals surface area contributed by atoms with Gasteiger partial charge in [-0.15, -0.1) is 0 Å². The van der Waals surface area contributed by atoms with E-state index in [4.69, 9.17) is 13.7 Å². The molecule has 3 aromatic rings. The van der Waals surface area contributed by atoms with Gasteiger partial charge in [-0.3, -0.25) is 4.79 Å². The Morgan fingerprint density at radius 3 is 2.76 bits per heavy atom. The molecular formula is C18H18N2O5. The molecule has 0 aliphatic heterocycles. The second-order valence-corrected chi connectivity index (χ2v) is 5.99. The van der Waals surface area contributed by atoms with Gasteiger partial charge in [0.2, 0.25) is 0 Å². The van der Waals surface area contributed by atoms with Crippen LogP contribution in [-0.4, -0.2) is 17.7 Å². The SMILES string of the molecule is Cc1cc(NC(=O)COc2ccc3c(C(C)C)cc(=O)oc3c2)no1. The fraction of sp³-hybridized carbons (Fsp3) is 0.278. The summed E-state index contributed by atoms with van der Waals surface area (Å²) < 4.78 is 15.6. The van der Waals surface area contributed by atoms with Crippen molar-refractivity contribution in [2.45, 2.75) is 26.7 Å². The first-order valence-electron chi connectivity index (χ1n) is 7.86. The molecule has 3 rings (SSSR count). The van der Waals surface area contributed by atoms with Crippen LogP contribution in [0.25, 0.3) is 11.0 Å². The number of nitrogens with zero attached hydrogens (tertiary/aromatic N) is 1. The van der Waals surface area contributed by atoms with Crippen LogP contribution >= 0.6 is 0 Å². The quantitative estimate of drug-likeness (QED) is 0.715. The summed E-state index contributed by atoms with van der Waals surface area (Å²) >= 11 is 0. The monoisotopic (exact) mass is 342 g/mol. The zero-order valence-corrected chi connectivity index (χ0v) is 14.2. The predicted molar refractivity (Wildman–Crippen MR) is 91.9 cm³/mol. The minimum absolute atomic E-state index is 0.190. The van der Waals surface area contributed by atoms with E-state index in [0.29, 0.717) is 22.9 Å². The zero-order valence-electron chi connectivity index (χ0n) is 14.2. The van der Waals surface area contributed by atoms with Crippen molar-refractivity contribution in [2.24, 2.45) is 0 Å². The smallest absolute Gasteiger partial charge is 0.336 e. The lowest BCUT2D eigenvalue weighted by Crippen LogP contribution is -2.20. The number of anilines is 1. The molecule has 1 amide bonds. The average molecular weight is 342 g/mol. The maximum absolute atomic E-state index is 11.9. The van der Waals surface area contributed by atoms with E-state index in [9.17, 15) is 9.59 Å². The number of fused-ring (bicyclic) bond motifs is 1. The van der Waals surface area contributed by atoms with Crippen molar-refractivity contribution < 1.29 is 18.5 Å². The largest absolute Gasteiger partial charge is 0.484 e. The molecule has 2 aromatic heterocycles. The number of nitrogens with one attached hydrogen (secondary N) is 1. The first-order valence-corrected chi connectivity index (χ1v) is 7.86. The van der Waals surface area contributed by atoms with Crippen LogP contribution in [0.3, 0.4) is 0 Å². The maximum Gasteiger partial charge on any atom is 0.336 e. The Hall–Kier alpha value is -3.09. The third-order valence-corrected chi connectivity index (χ3v) is 3.64. The molecule has 0 unspecified atom stereocenters. The number of rotatable bonds is 5. The normalized spacial score (nSPS) is 11.0. The molecule has 1 N–H and O–H groups in total. The molecule has 0 atom stereocenters. The van der Waals surface area contributed by atoms with Gasteiger partial charge in [0, 0.05) is 23.6 Å². The molecule has 0 saturated heterocycles. The second-order valence-electron chi connectivity index (χ2n) is 5.99. The van der Waals surface area contributed by atoms with E-state index < -0.39 is 5.63 Å². The van der Waals surface area contributed by atoms with E-state index in [1.807, 2.05) is 19.9 Å². The molecule has 0 aliphatic rings. The molecule has 0 aliphatic carbocycles. The van der Waals surface area contributed by atoms with Crippen LogP contribution in [0.4, 0.5) is 5.82 Å². The molecular weight excluding hydrogens is 324 g/mol. The van der Waals surface area contributed by atoms with Crippen molar-refractivity contribution >= 4 is 22.7 Å². The van der Waals surface area contributed by atoms with E-state index in [0.717, 1.165) is 10.9 Å². The summed E-state index contributed by atoms with van der Waals surface area (Å²) in [6.45, 7) is 5.54. The van der Waals surface area contributed by atoms with E-state index in [1.54, 1.807) is 25.1 Å². The van der Waals surface area contributed by atoms with Gasteiger partial charge in [-0.05, 0) is 30.5 Å². The van der Waals surface area contributed by atoms with Crippen molar-refractivity contribution in [3.8, 4) is 5.75 Å². The number of amides is 1. The zero-order chi connectivity index (χ0) is 18.0. The van der Waals surface area contributed by atoms with Crippen LogP contribution < -0.4 is 15.7 Å². The molecule has 0 bridgehead atoms. The third-order valence-electron chi connectivity index (χ3n) is 3.64. The summed E-state index contributed by atoms with van der Waals surface area (Å²) in [5, 5.41) is 7.09. The topological polar surface area (TPSA) is 94.6 Å². The number of carbonyl (C=O) groups is 1. The lowest BCUT2D eigenvalue weighted by molar-refractivity contribution is -0.118. The lowest BCUT2D eigenvalue weighted by Gasteiger charge is -2.10. The van der Waals surface area contributed by atoms with Crippen LogP contribution in [0.1, 0.15) is 31.1 Å². The molecule has 0 radical (unpaired) electrons. The van der Waals surface area contributed by atoms with Crippen molar-refractivity contribution in [1.29, 1.82) is 0 Å². The number of aryl methyl sites for hydroxylation is 1. The van der Waals surface area contributed by atoms with Gasteiger partial charge in [0.05, 0.1) is 0 Å². The molecule has 130 valence electrons. The molecule has 0 saturated carbocycles. The summed E-state index contributed by atoms with van der Waals surface area (Å²) in [5.41, 5.74) is 0.936. The summed E-state index contributed by atoms with van der Waals surface area (Å²) in [4.78, 5) is 23.6. The Kier molecular flexibility index (Phi) is 4.56. The minimum atomic E-state index is -0.410. The van der Waals surface area contributed by atoms with Crippen LogP contribution in [0.5, 0.6) is 5.75 Å². The molecule has 0 fully saturated rings. The van der Waals surface area contributed by atoms with Gasteiger partial charge in [0.1, 0.15) is 17.1 Å². The molecule has 0 spiro atoms. The Morgan fingerprint density at radius 1 is 1.28 bits per heavy atom. The summed E-state index contributed by atoms with van der Waals surface area (Å²) in [6.07, 6.45) is 0. The molecule has 25 heavy (non-hydrogen) atoms. The van der Waals surface area contributed by atoms with E-state index in [-0.39, 0.29) is 18.4 Å². The highest BCUT2D eigenvalue weighted by molar-refractivity contribution is 5.91. The van der Waals surface area contributed by atoms with E-state index >= 15 is 0 Å². The number of aromatic nitrogens is 1. The van der Waals surface area contributed by atoms with Gasteiger partial charge in [0.15, 0.2) is 12.4 Å². The fourth-order valence-electron chi connectivity index (χ4n) is 2.49. The van der Waals surface area contributed by atoms with Crippen molar-refractivity contribution in [2.75, 3.05) is 11.9 Å². The summed E-state index contributed by atoms with van der Waals surface area (Å²) in [5.74, 6) is 1.18. The highest BCUT2D eigenvalue weighted by Gasteiger charge is 2.11. The highest BCUT2D eigenvalue weighted by atomic mass is 16.5. The van der Waals surface area contributed by atoms with Gasteiger partial charge in [-0.2, -0.15) is 0 Å². The molecule has 7 nitrogen and oxygen atoms in total. The summed E-state index contributed by atoms with van der Waals surface area (Å²) in [7, 11) is 0. The Labute approximate surface area is 143 Å². The number of benzene rings is 1. The van der Waals surface area contributed by atoms with Gasteiger partial charge in [-0.25, -0.2) is 4.79 Å². The second kappa shape index (κ2) is 6.80. The molecule has 2 heterocycles. The number of hydrogen-bond acceptors (Lipinski definition) is 6. The van der Waals surface area contributed by atoms with Crippen LogP contribution in [-0.2, 0) is 4.79 Å². The van der Waals surface area contributed by atoms with Crippen molar-refractivity contribution in [1.82, 2.24) is 5.16 Å². The Balaban J connectivity index is 1.73. The first kappa shape index (κ1) is 16.8. The fourth-order valence-corrected chi connectivity index (χ4v) is 2.49. The van der Waals surface area contributed by atoms with Gasteiger partial charge >= 0.3 is 5.63 Å². The van der Waals surface area contributed by atoms with Gasteiger partial charge in [0.25, 0.3) is 5.91 Å². The predicted octanol–water partition coefficient (Wildman–Crippen LogP) is 3.23. The lowest BCUT2D eigenvalue weighted by atomic mass is 10.00. The number of carbonyl (C=O) groups excluding carboxylic acids is 1. The van der Waals surface area contributed by atoms with E-state index in [2.05, 4.69) is 10.5 Å². The van der Waals surface area contributed by atoms with Gasteiger partial charge < -0.3 is 19.0 Å². The third kappa shape index (κ3) is 3.88. The average Bonchev–Trinajstić information content (AvgIpc) is 2.96.